The molecule has 0 spiro atoms. The molecule has 28 heavy (non-hydrogen) atoms. The van der Waals surface area contributed by atoms with E-state index in [1.807, 2.05) is 18.3 Å². The van der Waals surface area contributed by atoms with Gasteiger partial charge in [0.15, 0.2) is 5.65 Å². The van der Waals surface area contributed by atoms with E-state index < -0.39 is 0 Å². The largest absolute Gasteiger partial charge is 0.370 e. The first kappa shape index (κ1) is 18.1. The standard InChI is InChI=1S/C22H30N4O2/c27-22(16-6-2-1-3-7-16)25-13-10-17(11-14-25)26-20-18(8-4-12-23-20)24-21(26)19-9-5-15-28-19/h4,8,12,16-17,19H,1-3,5-7,9-11,13-15H2. The van der Waals surface area contributed by atoms with Crippen molar-refractivity contribution in [1.82, 2.24) is 19.4 Å². The van der Waals surface area contributed by atoms with Gasteiger partial charge < -0.3 is 14.2 Å². The van der Waals surface area contributed by atoms with Gasteiger partial charge in [0.1, 0.15) is 17.4 Å². The van der Waals surface area contributed by atoms with E-state index in [0.29, 0.717) is 11.9 Å². The quantitative estimate of drug-likeness (QED) is 0.804. The summed E-state index contributed by atoms with van der Waals surface area (Å²) in [6, 6.07) is 4.33. The number of hydrogen-bond donors (Lipinski definition) is 0. The van der Waals surface area contributed by atoms with Crippen molar-refractivity contribution in [3.05, 3.63) is 24.2 Å². The van der Waals surface area contributed by atoms with Crippen molar-refractivity contribution < 1.29 is 9.53 Å². The van der Waals surface area contributed by atoms with Crippen LogP contribution in [-0.4, -0.2) is 45.0 Å². The lowest BCUT2D eigenvalue weighted by molar-refractivity contribution is -0.137. The summed E-state index contributed by atoms with van der Waals surface area (Å²) >= 11 is 0. The van der Waals surface area contributed by atoms with Crippen molar-refractivity contribution in [2.75, 3.05) is 19.7 Å². The molecular formula is C22H30N4O2. The van der Waals surface area contributed by atoms with Gasteiger partial charge in [0.05, 0.1) is 0 Å². The molecule has 0 aromatic carbocycles. The van der Waals surface area contributed by atoms with Crippen LogP contribution in [0.5, 0.6) is 0 Å². The third-order valence-corrected chi connectivity index (χ3v) is 6.79. The van der Waals surface area contributed by atoms with Crippen LogP contribution in [-0.2, 0) is 9.53 Å². The third kappa shape index (κ3) is 3.32. The van der Waals surface area contributed by atoms with E-state index in [2.05, 4.69) is 14.5 Å². The molecule has 3 aliphatic rings. The number of pyridine rings is 1. The Hall–Kier alpha value is -1.95. The van der Waals surface area contributed by atoms with E-state index in [4.69, 9.17) is 9.72 Å². The Morgan fingerprint density at radius 1 is 1.04 bits per heavy atom. The van der Waals surface area contributed by atoms with Gasteiger partial charge in [0.2, 0.25) is 5.91 Å². The highest BCUT2D eigenvalue weighted by molar-refractivity contribution is 5.79. The van der Waals surface area contributed by atoms with Crippen LogP contribution in [0, 0.1) is 5.92 Å². The molecule has 4 heterocycles. The van der Waals surface area contributed by atoms with Gasteiger partial charge in [-0.2, -0.15) is 0 Å². The van der Waals surface area contributed by atoms with E-state index in [0.717, 1.165) is 75.2 Å². The van der Waals surface area contributed by atoms with Crippen molar-refractivity contribution in [2.45, 2.75) is 69.9 Å². The summed E-state index contributed by atoms with van der Waals surface area (Å²) < 4.78 is 8.29. The zero-order chi connectivity index (χ0) is 18.9. The van der Waals surface area contributed by atoms with Gasteiger partial charge in [-0.15, -0.1) is 0 Å². The predicted molar refractivity (Wildman–Crippen MR) is 107 cm³/mol. The summed E-state index contributed by atoms with van der Waals surface area (Å²) in [4.78, 5) is 24.6. The van der Waals surface area contributed by atoms with Crippen LogP contribution in [0.4, 0.5) is 0 Å². The first-order chi connectivity index (χ1) is 13.8. The van der Waals surface area contributed by atoms with Crippen molar-refractivity contribution in [3.63, 3.8) is 0 Å². The van der Waals surface area contributed by atoms with Gasteiger partial charge in [-0.1, -0.05) is 19.3 Å². The van der Waals surface area contributed by atoms with Crippen molar-refractivity contribution in [2.24, 2.45) is 5.92 Å². The number of hydrogen-bond acceptors (Lipinski definition) is 4. The van der Waals surface area contributed by atoms with Gasteiger partial charge in [-0.25, -0.2) is 9.97 Å². The maximum atomic E-state index is 12.9. The van der Waals surface area contributed by atoms with Gasteiger partial charge in [0.25, 0.3) is 0 Å². The molecule has 6 nitrogen and oxygen atoms in total. The fourth-order valence-electron chi connectivity index (χ4n) is 5.27. The molecule has 1 aliphatic carbocycles. The van der Waals surface area contributed by atoms with E-state index >= 15 is 0 Å². The van der Waals surface area contributed by atoms with Crippen LogP contribution in [0.1, 0.15) is 75.8 Å². The molecule has 1 atom stereocenters. The summed E-state index contributed by atoms with van der Waals surface area (Å²) in [6.07, 6.45) is 11.9. The molecule has 3 fully saturated rings. The molecule has 5 rings (SSSR count). The summed E-state index contributed by atoms with van der Waals surface area (Å²) in [5, 5.41) is 0. The van der Waals surface area contributed by atoms with Crippen LogP contribution < -0.4 is 0 Å². The summed E-state index contributed by atoms with van der Waals surface area (Å²) in [7, 11) is 0. The molecule has 2 aromatic rings. The van der Waals surface area contributed by atoms with Crippen LogP contribution in [0.2, 0.25) is 0 Å². The SMILES string of the molecule is O=C(C1CCCCC1)N1CCC(n2c(C3CCCO3)nc3cccnc32)CC1. The Labute approximate surface area is 166 Å². The molecule has 2 aliphatic heterocycles. The Kier molecular flexibility index (Phi) is 5.05. The second kappa shape index (κ2) is 7.82. The average Bonchev–Trinajstić information content (AvgIpc) is 3.42. The van der Waals surface area contributed by atoms with E-state index in [1.165, 1.54) is 19.3 Å². The third-order valence-electron chi connectivity index (χ3n) is 6.79. The molecule has 1 amide bonds. The van der Waals surface area contributed by atoms with Crippen LogP contribution in [0.3, 0.4) is 0 Å². The van der Waals surface area contributed by atoms with E-state index in [9.17, 15) is 4.79 Å². The smallest absolute Gasteiger partial charge is 0.225 e. The second-order valence-electron chi connectivity index (χ2n) is 8.58. The summed E-state index contributed by atoms with van der Waals surface area (Å²) in [5.41, 5.74) is 1.92. The number of piperidine rings is 1. The molecule has 0 bridgehead atoms. The normalized spacial score (nSPS) is 24.9. The molecular weight excluding hydrogens is 352 g/mol. The molecule has 1 unspecified atom stereocenters. The molecule has 6 heteroatoms. The highest BCUT2D eigenvalue weighted by Crippen LogP contribution is 2.36. The summed E-state index contributed by atoms with van der Waals surface area (Å²) in [6.45, 7) is 2.50. The number of nitrogens with zero attached hydrogens (tertiary/aromatic N) is 4. The first-order valence-corrected chi connectivity index (χ1v) is 11.0. The Morgan fingerprint density at radius 3 is 2.61 bits per heavy atom. The zero-order valence-corrected chi connectivity index (χ0v) is 16.6. The minimum atomic E-state index is 0.0797. The number of imidazole rings is 1. The highest BCUT2D eigenvalue weighted by Gasteiger charge is 2.33. The first-order valence-electron chi connectivity index (χ1n) is 11.0. The van der Waals surface area contributed by atoms with Crippen molar-refractivity contribution >= 4 is 17.1 Å². The average molecular weight is 383 g/mol. The second-order valence-corrected chi connectivity index (χ2v) is 8.58. The van der Waals surface area contributed by atoms with E-state index in [1.54, 1.807) is 0 Å². The highest BCUT2D eigenvalue weighted by atomic mass is 16.5. The molecule has 2 aromatic heterocycles. The van der Waals surface area contributed by atoms with E-state index in [-0.39, 0.29) is 12.0 Å². The Morgan fingerprint density at radius 2 is 1.86 bits per heavy atom. The maximum Gasteiger partial charge on any atom is 0.225 e. The number of amides is 1. The number of likely N-dealkylation sites (tertiary alicyclic amines) is 1. The molecule has 0 radical (unpaired) electrons. The van der Waals surface area contributed by atoms with Gasteiger partial charge in [-0.05, 0) is 50.7 Å². The predicted octanol–water partition coefficient (Wildman–Crippen LogP) is 4.03. The number of carbonyl (C=O) groups excluding carboxylic acids is 1. The lowest BCUT2D eigenvalue weighted by Crippen LogP contribution is -2.42. The summed E-state index contributed by atoms with van der Waals surface area (Å²) in [5.74, 6) is 1.69. The minimum absolute atomic E-state index is 0.0797. The Balaban J connectivity index is 1.35. The molecule has 150 valence electrons. The van der Waals surface area contributed by atoms with Gasteiger partial charge in [0, 0.05) is 37.9 Å². The molecule has 0 N–H and O–H groups in total. The zero-order valence-electron chi connectivity index (χ0n) is 16.6. The maximum absolute atomic E-state index is 12.9. The van der Waals surface area contributed by atoms with Gasteiger partial charge in [-0.3, -0.25) is 4.79 Å². The number of carbonyl (C=O) groups is 1. The van der Waals surface area contributed by atoms with Crippen LogP contribution in [0.25, 0.3) is 11.2 Å². The van der Waals surface area contributed by atoms with Crippen LogP contribution in [0.15, 0.2) is 18.3 Å². The lowest BCUT2D eigenvalue weighted by Gasteiger charge is -2.36. The van der Waals surface area contributed by atoms with Crippen molar-refractivity contribution in [3.8, 4) is 0 Å². The van der Waals surface area contributed by atoms with Crippen molar-refractivity contribution in [1.29, 1.82) is 0 Å². The van der Waals surface area contributed by atoms with Crippen LogP contribution >= 0.6 is 0 Å². The number of ether oxygens (including phenoxy) is 1. The molecule has 1 saturated carbocycles. The number of fused-ring (bicyclic) bond motifs is 1. The lowest BCUT2D eigenvalue weighted by atomic mass is 9.87. The number of rotatable bonds is 3. The minimum Gasteiger partial charge on any atom is -0.370 e. The fraction of sp³-hybridized carbons (Fsp3) is 0.682. The topological polar surface area (TPSA) is 60.2 Å². The fourth-order valence-corrected chi connectivity index (χ4v) is 5.27. The van der Waals surface area contributed by atoms with Gasteiger partial charge >= 0.3 is 0 Å². The number of aromatic nitrogens is 3. The molecule has 2 saturated heterocycles. The monoisotopic (exact) mass is 382 g/mol. The Bertz CT molecular complexity index is 828.